The van der Waals surface area contributed by atoms with Gasteiger partial charge in [0.25, 0.3) is 0 Å². The lowest BCUT2D eigenvalue weighted by molar-refractivity contribution is 0.313. The van der Waals surface area contributed by atoms with Crippen LogP contribution in [0, 0.1) is 5.92 Å². The Morgan fingerprint density at radius 3 is 2.81 bits per heavy atom. The van der Waals surface area contributed by atoms with Crippen molar-refractivity contribution < 1.29 is 4.74 Å². The molecule has 118 valence electrons. The van der Waals surface area contributed by atoms with Gasteiger partial charge in [-0.3, -0.25) is 0 Å². The fourth-order valence-electron chi connectivity index (χ4n) is 2.81. The van der Waals surface area contributed by atoms with Crippen LogP contribution >= 0.6 is 0 Å². The second-order valence-corrected chi connectivity index (χ2v) is 6.11. The summed E-state index contributed by atoms with van der Waals surface area (Å²) in [5.74, 6) is 2.66. The summed E-state index contributed by atoms with van der Waals surface area (Å²) in [6.45, 7) is 10.7. The highest BCUT2D eigenvalue weighted by Crippen LogP contribution is 2.29. The van der Waals surface area contributed by atoms with Crippen LogP contribution in [0.3, 0.4) is 0 Å². The molecule has 0 saturated carbocycles. The van der Waals surface area contributed by atoms with Crippen molar-refractivity contribution in [3.05, 3.63) is 18.3 Å². The maximum atomic E-state index is 5.89. The summed E-state index contributed by atoms with van der Waals surface area (Å²) in [5.41, 5.74) is 0. The number of anilines is 1. The number of rotatable bonds is 7. The van der Waals surface area contributed by atoms with E-state index in [2.05, 4.69) is 36.0 Å². The van der Waals surface area contributed by atoms with Gasteiger partial charge in [0.2, 0.25) is 0 Å². The molecule has 1 aromatic rings. The summed E-state index contributed by atoms with van der Waals surface area (Å²) in [4.78, 5) is 7.01. The van der Waals surface area contributed by atoms with Crippen molar-refractivity contribution in [3.8, 4) is 5.75 Å². The van der Waals surface area contributed by atoms with Crippen molar-refractivity contribution in [1.29, 1.82) is 0 Å². The van der Waals surface area contributed by atoms with Crippen LogP contribution in [0.2, 0.25) is 0 Å². The molecule has 0 bridgehead atoms. The molecule has 0 radical (unpaired) electrons. The smallest absolute Gasteiger partial charge is 0.171 e. The van der Waals surface area contributed by atoms with Crippen molar-refractivity contribution in [2.24, 2.45) is 5.92 Å². The third-order valence-electron chi connectivity index (χ3n) is 4.02. The third kappa shape index (κ3) is 4.60. The minimum atomic E-state index is 0.429. The fraction of sp³-hybridized carbons (Fsp3) is 0.706. The van der Waals surface area contributed by atoms with E-state index in [0.717, 1.165) is 50.1 Å². The summed E-state index contributed by atoms with van der Waals surface area (Å²) in [7, 11) is 0. The van der Waals surface area contributed by atoms with Gasteiger partial charge >= 0.3 is 0 Å². The standard InChI is InChI=1S/C17H29N3O/c1-4-12-21-16-6-5-9-19-17(16)20(14(2)3)13-15-7-10-18-11-8-15/h5-6,9,14-15,18H,4,7-8,10-13H2,1-3H3. The van der Waals surface area contributed by atoms with Gasteiger partial charge in [0, 0.05) is 18.8 Å². The summed E-state index contributed by atoms with van der Waals surface area (Å²) in [6.07, 6.45) is 5.39. The second-order valence-electron chi connectivity index (χ2n) is 6.11. The van der Waals surface area contributed by atoms with Gasteiger partial charge in [-0.05, 0) is 64.3 Å². The monoisotopic (exact) mass is 291 g/mol. The van der Waals surface area contributed by atoms with E-state index < -0.39 is 0 Å². The molecule has 0 spiro atoms. The van der Waals surface area contributed by atoms with Crippen LogP contribution in [0.5, 0.6) is 5.75 Å². The van der Waals surface area contributed by atoms with Gasteiger partial charge in [-0.1, -0.05) is 6.92 Å². The number of ether oxygens (including phenoxy) is 1. The molecule has 4 heteroatoms. The first-order valence-corrected chi connectivity index (χ1v) is 8.27. The molecule has 1 saturated heterocycles. The zero-order chi connectivity index (χ0) is 15.1. The van der Waals surface area contributed by atoms with E-state index in [1.807, 2.05) is 18.3 Å². The van der Waals surface area contributed by atoms with Crippen molar-refractivity contribution in [2.75, 3.05) is 31.1 Å². The topological polar surface area (TPSA) is 37.4 Å². The van der Waals surface area contributed by atoms with Gasteiger partial charge in [0.05, 0.1) is 6.61 Å². The highest BCUT2D eigenvalue weighted by molar-refractivity contribution is 5.52. The highest BCUT2D eigenvalue weighted by atomic mass is 16.5. The van der Waals surface area contributed by atoms with Crippen LogP contribution in [-0.2, 0) is 0 Å². The van der Waals surface area contributed by atoms with Crippen LogP contribution in [0.4, 0.5) is 5.82 Å². The normalized spacial score (nSPS) is 16.2. The summed E-state index contributed by atoms with van der Waals surface area (Å²) in [5, 5.41) is 3.44. The molecule has 21 heavy (non-hydrogen) atoms. The molecule has 1 aromatic heterocycles. The van der Waals surface area contributed by atoms with Crippen molar-refractivity contribution >= 4 is 5.82 Å². The summed E-state index contributed by atoms with van der Waals surface area (Å²) >= 11 is 0. The number of piperidine rings is 1. The summed E-state index contributed by atoms with van der Waals surface area (Å²) in [6, 6.07) is 4.42. The Labute approximate surface area is 128 Å². The zero-order valence-electron chi connectivity index (χ0n) is 13.6. The molecule has 1 aliphatic rings. The number of aromatic nitrogens is 1. The Morgan fingerprint density at radius 2 is 2.14 bits per heavy atom. The zero-order valence-corrected chi connectivity index (χ0v) is 13.6. The molecule has 2 rings (SSSR count). The SMILES string of the molecule is CCCOc1cccnc1N(CC1CCNCC1)C(C)C. The average molecular weight is 291 g/mol. The molecule has 2 heterocycles. The Kier molecular flexibility index (Phi) is 6.30. The lowest BCUT2D eigenvalue weighted by Gasteiger charge is -2.34. The van der Waals surface area contributed by atoms with Gasteiger partial charge in [0.15, 0.2) is 11.6 Å². The predicted octanol–water partition coefficient (Wildman–Crippen LogP) is 3.08. The average Bonchev–Trinajstić information content (AvgIpc) is 2.52. The molecule has 0 amide bonds. The Morgan fingerprint density at radius 1 is 1.38 bits per heavy atom. The summed E-state index contributed by atoms with van der Waals surface area (Å²) < 4.78 is 5.89. The van der Waals surface area contributed by atoms with Gasteiger partial charge in [-0.25, -0.2) is 4.98 Å². The first-order valence-electron chi connectivity index (χ1n) is 8.27. The van der Waals surface area contributed by atoms with Crippen LogP contribution < -0.4 is 15.0 Å². The van der Waals surface area contributed by atoms with Gasteiger partial charge in [-0.2, -0.15) is 0 Å². The minimum Gasteiger partial charge on any atom is -0.490 e. The first kappa shape index (κ1) is 16.1. The molecular formula is C17H29N3O. The maximum absolute atomic E-state index is 5.89. The lowest BCUT2D eigenvalue weighted by atomic mass is 9.97. The van der Waals surface area contributed by atoms with E-state index in [4.69, 9.17) is 4.74 Å². The number of nitrogens with zero attached hydrogens (tertiary/aromatic N) is 2. The van der Waals surface area contributed by atoms with Crippen LogP contribution in [0.25, 0.3) is 0 Å². The fourth-order valence-corrected chi connectivity index (χ4v) is 2.81. The predicted molar refractivity (Wildman–Crippen MR) is 88.1 cm³/mol. The van der Waals surface area contributed by atoms with E-state index in [1.165, 1.54) is 12.8 Å². The molecule has 1 fully saturated rings. The molecule has 1 N–H and O–H groups in total. The molecule has 1 aliphatic heterocycles. The number of hydrogen-bond acceptors (Lipinski definition) is 4. The number of hydrogen-bond donors (Lipinski definition) is 1. The van der Waals surface area contributed by atoms with E-state index in [0.29, 0.717) is 6.04 Å². The Bertz CT molecular complexity index is 416. The second kappa shape index (κ2) is 8.23. The molecule has 0 atom stereocenters. The van der Waals surface area contributed by atoms with Crippen molar-refractivity contribution in [2.45, 2.75) is 46.1 Å². The Hall–Kier alpha value is -1.29. The molecule has 0 aliphatic carbocycles. The first-order chi connectivity index (χ1) is 10.2. The molecule has 0 unspecified atom stereocenters. The Balaban J connectivity index is 2.13. The highest BCUT2D eigenvalue weighted by Gasteiger charge is 2.22. The third-order valence-corrected chi connectivity index (χ3v) is 4.02. The van der Waals surface area contributed by atoms with Crippen molar-refractivity contribution in [3.63, 3.8) is 0 Å². The maximum Gasteiger partial charge on any atom is 0.171 e. The lowest BCUT2D eigenvalue weighted by Crippen LogP contribution is -2.40. The van der Waals surface area contributed by atoms with Gasteiger partial charge in [-0.15, -0.1) is 0 Å². The quantitative estimate of drug-likeness (QED) is 0.837. The van der Waals surface area contributed by atoms with Gasteiger partial charge < -0.3 is 15.0 Å². The molecular weight excluding hydrogens is 262 g/mol. The van der Waals surface area contributed by atoms with E-state index >= 15 is 0 Å². The van der Waals surface area contributed by atoms with E-state index in [-0.39, 0.29) is 0 Å². The van der Waals surface area contributed by atoms with Crippen LogP contribution in [0.1, 0.15) is 40.0 Å². The van der Waals surface area contributed by atoms with E-state index in [9.17, 15) is 0 Å². The van der Waals surface area contributed by atoms with Crippen LogP contribution in [0.15, 0.2) is 18.3 Å². The largest absolute Gasteiger partial charge is 0.490 e. The van der Waals surface area contributed by atoms with Crippen LogP contribution in [-0.4, -0.2) is 37.3 Å². The minimum absolute atomic E-state index is 0.429. The molecule has 0 aromatic carbocycles. The number of nitrogens with one attached hydrogen (secondary N) is 1. The van der Waals surface area contributed by atoms with E-state index in [1.54, 1.807) is 0 Å². The van der Waals surface area contributed by atoms with Gasteiger partial charge in [0.1, 0.15) is 0 Å². The molecule has 4 nitrogen and oxygen atoms in total. The number of pyridine rings is 1. The van der Waals surface area contributed by atoms with Crippen molar-refractivity contribution in [1.82, 2.24) is 10.3 Å².